The number of carbonyl (C=O) groups is 1. The van der Waals surface area contributed by atoms with Crippen molar-refractivity contribution >= 4 is 5.91 Å². The van der Waals surface area contributed by atoms with Crippen molar-refractivity contribution in [2.75, 3.05) is 20.3 Å². The van der Waals surface area contributed by atoms with E-state index >= 15 is 0 Å². The van der Waals surface area contributed by atoms with Crippen molar-refractivity contribution in [1.82, 2.24) is 5.32 Å². The summed E-state index contributed by atoms with van der Waals surface area (Å²) >= 11 is 0. The summed E-state index contributed by atoms with van der Waals surface area (Å²) in [5, 5.41) is 2.71. The zero-order valence-corrected chi connectivity index (χ0v) is 7.64. The molecule has 70 valence electrons. The normalized spacial score (nSPS) is 9.42. The second kappa shape index (κ2) is 8.27. The first-order valence-electron chi connectivity index (χ1n) is 4.20. The Morgan fingerprint density at radius 3 is 2.83 bits per heavy atom. The van der Waals surface area contributed by atoms with Crippen molar-refractivity contribution in [3.05, 3.63) is 12.7 Å². The molecule has 0 radical (unpaired) electrons. The summed E-state index contributed by atoms with van der Waals surface area (Å²) in [6.07, 6.45) is 4.43. The maximum absolute atomic E-state index is 10.6. The fourth-order valence-corrected chi connectivity index (χ4v) is 0.832. The van der Waals surface area contributed by atoms with Gasteiger partial charge < -0.3 is 10.1 Å². The third-order valence-electron chi connectivity index (χ3n) is 1.51. The largest absolute Gasteiger partial charge is 0.385 e. The van der Waals surface area contributed by atoms with Crippen LogP contribution in [0, 0.1) is 0 Å². The van der Waals surface area contributed by atoms with Gasteiger partial charge in [-0.1, -0.05) is 6.58 Å². The van der Waals surface area contributed by atoms with Gasteiger partial charge in [0.1, 0.15) is 0 Å². The van der Waals surface area contributed by atoms with Crippen LogP contribution in [0.1, 0.15) is 19.3 Å². The van der Waals surface area contributed by atoms with Crippen LogP contribution < -0.4 is 5.32 Å². The molecule has 0 aliphatic rings. The fraction of sp³-hybridized carbons (Fsp3) is 0.667. The molecule has 0 rings (SSSR count). The summed E-state index contributed by atoms with van der Waals surface area (Å²) in [4.78, 5) is 10.6. The molecule has 3 nitrogen and oxygen atoms in total. The summed E-state index contributed by atoms with van der Waals surface area (Å²) in [5.41, 5.74) is 0. The van der Waals surface area contributed by atoms with Crippen molar-refractivity contribution in [2.45, 2.75) is 19.3 Å². The molecule has 0 spiro atoms. The van der Waals surface area contributed by atoms with E-state index in [0.717, 1.165) is 32.4 Å². The Labute approximate surface area is 73.8 Å². The first-order chi connectivity index (χ1) is 5.81. The monoisotopic (exact) mass is 171 g/mol. The molecular formula is C9H17NO2. The standard InChI is InChI=1S/C9H17NO2/c1-3-9(11)10-7-5-4-6-8-12-2/h3H,1,4-8H2,2H3,(H,10,11). The molecule has 0 atom stereocenters. The van der Waals surface area contributed by atoms with Crippen LogP contribution in [0.5, 0.6) is 0 Å². The zero-order chi connectivity index (χ0) is 9.23. The lowest BCUT2D eigenvalue weighted by molar-refractivity contribution is -0.116. The Bertz CT molecular complexity index is 134. The number of methoxy groups -OCH3 is 1. The van der Waals surface area contributed by atoms with Gasteiger partial charge in [0.2, 0.25) is 5.91 Å². The van der Waals surface area contributed by atoms with E-state index in [9.17, 15) is 4.79 Å². The Morgan fingerprint density at radius 2 is 2.25 bits per heavy atom. The minimum Gasteiger partial charge on any atom is -0.385 e. The minimum atomic E-state index is -0.0956. The smallest absolute Gasteiger partial charge is 0.243 e. The number of carbonyl (C=O) groups excluding carboxylic acids is 1. The quantitative estimate of drug-likeness (QED) is 0.460. The summed E-state index contributed by atoms with van der Waals surface area (Å²) in [6, 6.07) is 0. The molecule has 0 unspecified atom stereocenters. The van der Waals surface area contributed by atoms with Crippen molar-refractivity contribution in [2.24, 2.45) is 0 Å². The number of amides is 1. The van der Waals surface area contributed by atoms with Gasteiger partial charge in [-0.15, -0.1) is 0 Å². The molecule has 0 aromatic rings. The van der Waals surface area contributed by atoms with Crippen molar-refractivity contribution in [3.8, 4) is 0 Å². The molecule has 3 heteroatoms. The third-order valence-corrected chi connectivity index (χ3v) is 1.51. The van der Waals surface area contributed by atoms with E-state index in [-0.39, 0.29) is 5.91 Å². The number of rotatable bonds is 7. The molecule has 0 heterocycles. The number of ether oxygens (including phenoxy) is 1. The van der Waals surface area contributed by atoms with Crippen LogP contribution in [0.25, 0.3) is 0 Å². The Hall–Kier alpha value is -0.830. The first-order valence-corrected chi connectivity index (χ1v) is 4.20. The van der Waals surface area contributed by atoms with Gasteiger partial charge in [0, 0.05) is 20.3 Å². The number of nitrogens with one attached hydrogen (secondary N) is 1. The van der Waals surface area contributed by atoms with Crippen LogP contribution >= 0.6 is 0 Å². The Morgan fingerprint density at radius 1 is 1.50 bits per heavy atom. The van der Waals surface area contributed by atoms with Gasteiger partial charge in [0.15, 0.2) is 0 Å². The Kier molecular flexibility index (Phi) is 7.70. The van der Waals surface area contributed by atoms with Gasteiger partial charge in [-0.3, -0.25) is 4.79 Å². The van der Waals surface area contributed by atoms with Gasteiger partial charge >= 0.3 is 0 Å². The molecular weight excluding hydrogens is 154 g/mol. The number of unbranched alkanes of at least 4 members (excludes halogenated alkanes) is 2. The average Bonchev–Trinajstić information content (AvgIpc) is 2.10. The molecule has 12 heavy (non-hydrogen) atoms. The van der Waals surface area contributed by atoms with E-state index in [0.29, 0.717) is 0 Å². The summed E-state index contributed by atoms with van der Waals surface area (Å²) in [7, 11) is 1.69. The molecule has 0 aliphatic carbocycles. The Balaban J connectivity index is 3.00. The van der Waals surface area contributed by atoms with Crippen LogP contribution in [0.2, 0.25) is 0 Å². The third kappa shape index (κ3) is 7.28. The lowest BCUT2D eigenvalue weighted by Crippen LogP contribution is -2.21. The van der Waals surface area contributed by atoms with Gasteiger partial charge in [0.25, 0.3) is 0 Å². The number of hydrogen-bond donors (Lipinski definition) is 1. The topological polar surface area (TPSA) is 38.3 Å². The second-order valence-corrected chi connectivity index (χ2v) is 2.55. The molecule has 0 aliphatic heterocycles. The van der Waals surface area contributed by atoms with Crippen LogP contribution in [-0.4, -0.2) is 26.2 Å². The van der Waals surface area contributed by atoms with Gasteiger partial charge in [-0.2, -0.15) is 0 Å². The molecule has 0 saturated carbocycles. The van der Waals surface area contributed by atoms with Gasteiger partial charge in [0.05, 0.1) is 0 Å². The maximum atomic E-state index is 10.6. The first kappa shape index (κ1) is 11.2. The van der Waals surface area contributed by atoms with Crippen LogP contribution in [0.4, 0.5) is 0 Å². The van der Waals surface area contributed by atoms with Gasteiger partial charge in [-0.25, -0.2) is 0 Å². The molecule has 0 fully saturated rings. The highest BCUT2D eigenvalue weighted by Crippen LogP contribution is 1.93. The SMILES string of the molecule is C=CC(=O)NCCCCCOC. The minimum absolute atomic E-state index is 0.0956. The van der Waals surface area contributed by atoms with Crippen molar-refractivity contribution in [1.29, 1.82) is 0 Å². The second-order valence-electron chi connectivity index (χ2n) is 2.55. The molecule has 0 bridgehead atoms. The summed E-state index contributed by atoms with van der Waals surface area (Å²) in [5.74, 6) is -0.0956. The predicted octanol–water partition coefficient (Wildman–Crippen LogP) is 1.11. The van der Waals surface area contributed by atoms with Crippen LogP contribution in [-0.2, 0) is 9.53 Å². The zero-order valence-electron chi connectivity index (χ0n) is 7.64. The van der Waals surface area contributed by atoms with Crippen molar-refractivity contribution < 1.29 is 9.53 Å². The van der Waals surface area contributed by atoms with Crippen LogP contribution in [0.3, 0.4) is 0 Å². The highest BCUT2D eigenvalue weighted by atomic mass is 16.5. The number of hydrogen-bond acceptors (Lipinski definition) is 2. The lowest BCUT2D eigenvalue weighted by Gasteiger charge is -2.01. The molecule has 1 N–H and O–H groups in total. The molecule has 0 saturated heterocycles. The van der Waals surface area contributed by atoms with E-state index in [4.69, 9.17) is 4.74 Å². The highest BCUT2D eigenvalue weighted by Gasteiger charge is 1.92. The maximum Gasteiger partial charge on any atom is 0.243 e. The fourth-order valence-electron chi connectivity index (χ4n) is 0.832. The van der Waals surface area contributed by atoms with E-state index in [1.807, 2.05) is 0 Å². The van der Waals surface area contributed by atoms with E-state index in [1.54, 1.807) is 7.11 Å². The summed E-state index contributed by atoms with van der Waals surface area (Å²) < 4.78 is 4.89. The predicted molar refractivity (Wildman–Crippen MR) is 48.9 cm³/mol. The van der Waals surface area contributed by atoms with E-state index in [1.165, 1.54) is 6.08 Å². The van der Waals surface area contributed by atoms with Gasteiger partial charge in [-0.05, 0) is 25.3 Å². The lowest BCUT2D eigenvalue weighted by atomic mass is 10.2. The van der Waals surface area contributed by atoms with Crippen LogP contribution in [0.15, 0.2) is 12.7 Å². The molecule has 0 aromatic carbocycles. The van der Waals surface area contributed by atoms with E-state index in [2.05, 4.69) is 11.9 Å². The highest BCUT2D eigenvalue weighted by molar-refractivity contribution is 5.86. The average molecular weight is 171 g/mol. The summed E-state index contributed by atoms with van der Waals surface area (Å²) in [6.45, 7) is 4.89. The molecule has 1 amide bonds. The van der Waals surface area contributed by atoms with Crippen molar-refractivity contribution in [3.63, 3.8) is 0 Å². The van der Waals surface area contributed by atoms with E-state index < -0.39 is 0 Å². The molecule has 0 aromatic heterocycles.